The standard InChI is InChI=1S/C22H22F3N3O2S/c1-27(2)11-10-26-20(29)15-6-9-18-17(13-15)28(3)21(30)19(31-18)12-14-4-7-16(8-5-14)22(23,24)25/h4-9,12-13H,10-11H2,1-3H3,(H,26,29)/b19-12-. The number of hydrogen-bond acceptors (Lipinski definition) is 4. The molecule has 1 aliphatic rings. The minimum atomic E-state index is -4.41. The van der Waals surface area contributed by atoms with Gasteiger partial charge in [0, 0.05) is 30.6 Å². The minimum Gasteiger partial charge on any atom is -0.351 e. The Kier molecular flexibility index (Phi) is 6.76. The second-order valence-corrected chi connectivity index (χ2v) is 8.42. The van der Waals surface area contributed by atoms with Crippen LogP contribution in [0.4, 0.5) is 18.9 Å². The lowest BCUT2D eigenvalue weighted by molar-refractivity contribution is -0.137. The highest BCUT2D eigenvalue weighted by molar-refractivity contribution is 8.04. The molecule has 1 N–H and O–H groups in total. The molecule has 0 saturated heterocycles. The van der Waals surface area contributed by atoms with Crippen molar-refractivity contribution in [1.82, 2.24) is 10.2 Å². The van der Waals surface area contributed by atoms with Crippen molar-refractivity contribution >= 4 is 35.3 Å². The lowest BCUT2D eigenvalue weighted by atomic mass is 10.1. The molecule has 0 fully saturated rings. The number of amides is 2. The zero-order chi connectivity index (χ0) is 22.8. The normalized spacial score (nSPS) is 15.4. The second kappa shape index (κ2) is 9.15. The number of nitrogens with one attached hydrogen (secondary N) is 1. The van der Waals surface area contributed by atoms with Crippen molar-refractivity contribution in [2.45, 2.75) is 11.1 Å². The maximum atomic E-state index is 12.8. The summed E-state index contributed by atoms with van der Waals surface area (Å²) in [6.07, 6.45) is -2.84. The average Bonchev–Trinajstić information content (AvgIpc) is 2.71. The molecule has 0 radical (unpaired) electrons. The van der Waals surface area contributed by atoms with Crippen molar-refractivity contribution in [3.63, 3.8) is 0 Å². The van der Waals surface area contributed by atoms with Crippen LogP contribution in [0.1, 0.15) is 21.5 Å². The van der Waals surface area contributed by atoms with Crippen LogP contribution in [0.2, 0.25) is 0 Å². The lowest BCUT2D eigenvalue weighted by Gasteiger charge is -2.27. The Hall–Kier alpha value is -2.78. The van der Waals surface area contributed by atoms with Gasteiger partial charge in [-0.25, -0.2) is 0 Å². The number of alkyl halides is 3. The Labute approximate surface area is 182 Å². The summed E-state index contributed by atoms with van der Waals surface area (Å²) in [5.41, 5.74) is 0.821. The van der Waals surface area contributed by atoms with Crippen LogP contribution in [0, 0.1) is 0 Å². The van der Waals surface area contributed by atoms with E-state index in [1.807, 2.05) is 19.0 Å². The number of carbonyl (C=O) groups is 2. The van der Waals surface area contributed by atoms with Gasteiger partial charge < -0.3 is 15.1 Å². The molecule has 1 aliphatic heterocycles. The zero-order valence-corrected chi connectivity index (χ0v) is 18.1. The second-order valence-electron chi connectivity index (χ2n) is 7.34. The molecule has 0 spiro atoms. The first-order valence-corrected chi connectivity index (χ1v) is 10.3. The number of carbonyl (C=O) groups excluding carboxylic acids is 2. The van der Waals surface area contributed by atoms with Crippen LogP contribution in [0.25, 0.3) is 6.08 Å². The van der Waals surface area contributed by atoms with Crippen LogP contribution in [0.15, 0.2) is 52.3 Å². The third kappa shape index (κ3) is 5.48. The molecular formula is C22H22F3N3O2S. The van der Waals surface area contributed by atoms with Crippen molar-refractivity contribution in [3.05, 3.63) is 64.1 Å². The molecule has 0 atom stereocenters. The quantitative estimate of drug-likeness (QED) is 0.699. The molecule has 0 aromatic heterocycles. The Balaban J connectivity index is 1.80. The number of halogens is 3. The van der Waals surface area contributed by atoms with E-state index in [1.54, 1.807) is 31.3 Å². The molecule has 1 heterocycles. The van der Waals surface area contributed by atoms with Gasteiger partial charge in [-0.2, -0.15) is 13.2 Å². The van der Waals surface area contributed by atoms with Gasteiger partial charge in [-0.15, -0.1) is 0 Å². The molecular weight excluding hydrogens is 427 g/mol. The van der Waals surface area contributed by atoms with Crippen molar-refractivity contribution in [2.75, 3.05) is 39.1 Å². The van der Waals surface area contributed by atoms with Gasteiger partial charge in [-0.3, -0.25) is 9.59 Å². The van der Waals surface area contributed by atoms with E-state index >= 15 is 0 Å². The van der Waals surface area contributed by atoms with Crippen LogP contribution in [-0.4, -0.2) is 50.9 Å². The van der Waals surface area contributed by atoms with Gasteiger partial charge in [-0.05, 0) is 56.1 Å². The van der Waals surface area contributed by atoms with E-state index in [2.05, 4.69) is 5.32 Å². The van der Waals surface area contributed by atoms with Crippen molar-refractivity contribution in [2.24, 2.45) is 0 Å². The van der Waals surface area contributed by atoms with Crippen LogP contribution >= 0.6 is 11.8 Å². The number of thioether (sulfide) groups is 1. The van der Waals surface area contributed by atoms with Gasteiger partial charge in [0.2, 0.25) is 0 Å². The molecule has 3 rings (SSSR count). The van der Waals surface area contributed by atoms with Crippen LogP contribution in [0.3, 0.4) is 0 Å². The predicted molar refractivity (Wildman–Crippen MR) is 116 cm³/mol. The minimum absolute atomic E-state index is 0.221. The molecule has 0 aliphatic carbocycles. The molecule has 5 nitrogen and oxygen atoms in total. The van der Waals surface area contributed by atoms with Gasteiger partial charge >= 0.3 is 6.18 Å². The van der Waals surface area contributed by atoms with Gasteiger partial charge in [0.1, 0.15) is 0 Å². The molecule has 2 aromatic carbocycles. The van der Waals surface area contributed by atoms with Crippen molar-refractivity contribution in [1.29, 1.82) is 0 Å². The van der Waals surface area contributed by atoms with Crippen LogP contribution in [0.5, 0.6) is 0 Å². The number of benzene rings is 2. The average molecular weight is 449 g/mol. The fourth-order valence-electron chi connectivity index (χ4n) is 2.95. The van der Waals surface area contributed by atoms with E-state index in [4.69, 9.17) is 0 Å². The summed E-state index contributed by atoms with van der Waals surface area (Å²) in [5.74, 6) is -0.510. The third-order valence-electron chi connectivity index (χ3n) is 4.70. The van der Waals surface area contributed by atoms with Crippen molar-refractivity contribution < 1.29 is 22.8 Å². The summed E-state index contributed by atoms with van der Waals surface area (Å²) >= 11 is 1.22. The largest absolute Gasteiger partial charge is 0.416 e. The first-order valence-electron chi connectivity index (χ1n) is 9.48. The number of rotatable bonds is 5. The summed E-state index contributed by atoms with van der Waals surface area (Å²) in [6, 6.07) is 9.77. The molecule has 9 heteroatoms. The van der Waals surface area contributed by atoms with E-state index in [0.717, 1.165) is 17.0 Å². The molecule has 164 valence electrons. The SMILES string of the molecule is CN(C)CCNC(=O)c1ccc2c(c1)N(C)C(=O)/C(=C/c1ccc(C(F)(F)F)cc1)S2. The number of nitrogens with zero attached hydrogens (tertiary/aromatic N) is 2. The Morgan fingerprint density at radius 2 is 1.84 bits per heavy atom. The number of likely N-dealkylation sites (N-methyl/N-ethyl adjacent to an activating group) is 2. The smallest absolute Gasteiger partial charge is 0.351 e. The summed E-state index contributed by atoms with van der Waals surface area (Å²) in [6.45, 7) is 1.22. The predicted octanol–water partition coefficient (Wildman–Crippen LogP) is 4.11. The molecule has 0 bridgehead atoms. The topological polar surface area (TPSA) is 52.7 Å². The Morgan fingerprint density at radius 3 is 2.45 bits per heavy atom. The highest BCUT2D eigenvalue weighted by Crippen LogP contribution is 2.42. The molecule has 0 unspecified atom stereocenters. The first kappa shape index (κ1) is 22.9. The van der Waals surface area contributed by atoms with E-state index in [-0.39, 0.29) is 11.8 Å². The van der Waals surface area contributed by atoms with E-state index in [1.165, 1.54) is 28.8 Å². The fraction of sp³-hybridized carbons (Fsp3) is 0.273. The summed E-state index contributed by atoms with van der Waals surface area (Å²) in [7, 11) is 5.44. The van der Waals surface area contributed by atoms with E-state index < -0.39 is 11.7 Å². The molecule has 0 saturated carbocycles. The number of hydrogen-bond donors (Lipinski definition) is 1. The third-order valence-corrected chi connectivity index (χ3v) is 5.78. The van der Waals surface area contributed by atoms with Crippen LogP contribution in [-0.2, 0) is 11.0 Å². The maximum absolute atomic E-state index is 12.8. The monoisotopic (exact) mass is 449 g/mol. The van der Waals surface area contributed by atoms with Gasteiger partial charge in [0.05, 0.1) is 16.2 Å². The molecule has 31 heavy (non-hydrogen) atoms. The van der Waals surface area contributed by atoms with Gasteiger partial charge in [0.15, 0.2) is 0 Å². The maximum Gasteiger partial charge on any atom is 0.416 e. The zero-order valence-electron chi connectivity index (χ0n) is 17.3. The lowest BCUT2D eigenvalue weighted by Crippen LogP contribution is -2.32. The summed E-state index contributed by atoms with van der Waals surface area (Å²) < 4.78 is 38.2. The number of fused-ring (bicyclic) bond motifs is 1. The van der Waals surface area contributed by atoms with Crippen molar-refractivity contribution in [3.8, 4) is 0 Å². The van der Waals surface area contributed by atoms with Gasteiger partial charge in [0.25, 0.3) is 11.8 Å². The summed E-state index contributed by atoms with van der Waals surface area (Å²) in [4.78, 5) is 29.7. The highest BCUT2D eigenvalue weighted by atomic mass is 32.2. The highest BCUT2D eigenvalue weighted by Gasteiger charge is 2.30. The Morgan fingerprint density at radius 1 is 1.16 bits per heavy atom. The van der Waals surface area contributed by atoms with E-state index in [9.17, 15) is 22.8 Å². The van der Waals surface area contributed by atoms with Crippen LogP contribution < -0.4 is 10.2 Å². The van der Waals surface area contributed by atoms with E-state index in [0.29, 0.717) is 34.8 Å². The molecule has 2 amide bonds. The fourth-order valence-corrected chi connectivity index (χ4v) is 4.04. The first-order chi connectivity index (χ1) is 14.6. The molecule has 2 aromatic rings. The number of anilines is 1. The Bertz CT molecular complexity index is 1020. The summed E-state index contributed by atoms with van der Waals surface area (Å²) in [5, 5.41) is 2.84. The van der Waals surface area contributed by atoms with Gasteiger partial charge in [-0.1, -0.05) is 23.9 Å².